The third-order valence-electron chi connectivity index (χ3n) is 1.78. The molecule has 1 unspecified atom stereocenters. The summed E-state index contributed by atoms with van der Waals surface area (Å²) in [6, 6.07) is 0.133. The molecule has 13 heavy (non-hydrogen) atoms. The normalized spacial score (nSPS) is 12.8. The first-order valence-corrected chi connectivity index (χ1v) is 4.39. The van der Waals surface area contributed by atoms with Gasteiger partial charge in [-0.15, -0.1) is 0 Å². The van der Waals surface area contributed by atoms with Crippen molar-refractivity contribution in [2.75, 3.05) is 20.3 Å². The second kappa shape index (κ2) is 5.61. The summed E-state index contributed by atoms with van der Waals surface area (Å²) in [4.78, 5) is 8.20. The summed E-state index contributed by atoms with van der Waals surface area (Å²) in [5, 5.41) is 3.13. The fraction of sp³-hybridized carbons (Fsp3) is 0.556. The molecule has 0 aromatic carbocycles. The van der Waals surface area contributed by atoms with Crippen LogP contribution in [0.2, 0.25) is 0 Å². The highest BCUT2D eigenvalue weighted by molar-refractivity contribution is 5.01. The second-order valence-electron chi connectivity index (χ2n) is 2.63. The molecular weight excluding hydrogens is 166 g/mol. The first-order chi connectivity index (χ1) is 6.38. The second-order valence-corrected chi connectivity index (χ2v) is 2.63. The number of hydrogen-bond donors (Lipinski definition) is 1. The van der Waals surface area contributed by atoms with Crippen LogP contribution in [0.4, 0.5) is 0 Å². The molecule has 0 aliphatic heterocycles. The largest absolute Gasteiger partial charge is 0.380 e. The molecule has 1 aromatic heterocycles. The molecule has 1 rings (SSSR count). The minimum absolute atomic E-state index is 0.133. The molecule has 0 spiro atoms. The molecule has 1 heterocycles. The molecule has 0 bridgehead atoms. The summed E-state index contributed by atoms with van der Waals surface area (Å²) >= 11 is 0. The Hall–Kier alpha value is -1.00. The molecule has 0 fully saturated rings. The van der Waals surface area contributed by atoms with Crippen molar-refractivity contribution < 1.29 is 4.74 Å². The van der Waals surface area contributed by atoms with Gasteiger partial charge in [-0.25, -0.2) is 0 Å². The van der Waals surface area contributed by atoms with Gasteiger partial charge in [-0.05, 0) is 14.0 Å². The molecular formula is C9H15N3O. The van der Waals surface area contributed by atoms with Crippen molar-refractivity contribution in [3.05, 3.63) is 24.3 Å². The smallest absolute Gasteiger partial charge is 0.0779 e. The Morgan fingerprint density at radius 1 is 1.54 bits per heavy atom. The van der Waals surface area contributed by atoms with Crippen LogP contribution in [0.5, 0.6) is 0 Å². The molecule has 1 atom stereocenters. The summed E-state index contributed by atoms with van der Waals surface area (Å²) in [5.74, 6) is 0. The van der Waals surface area contributed by atoms with Crippen molar-refractivity contribution in [2.24, 2.45) is 0 Å². The van der Waals surface area contributed by atoms with Crippen LogP contribution in [-0.2, 0) is 4.74 Å². The van der Waals surface area contributed by atoms with E-state index < -0.39 is 0 Å². The van der Waals surface area contributed by atoms with E-state index in [4.69, 9.17) is 4.74 Å². The lowest BCUT2D eigenvalue weighted by atomic mass is 10.2. The van der Waals surface area contributed by atoms with Crippen molar-refractivity contribution in [3.8, 4) is 0 Å². The Morgan fingerprint density at radius 3 is 2.92 bits per heavy atom. The Kier molecular flexibility index (Phi) is 4.35. The molecule has 1 aromatic rings. The van der Waals surface area contributed by atoms with Gasteiger partial charge in [0, 0.05) is 19.0 Å². The predicted octanol–water partition coefficient (Wildman–Crippen LogP) is 0.774. The molecule has 0 amide bonds. The monoisotopic (exact) mass is 181 g/mol. The van der Waals surface area contributed by atoms with Gasteiger partial charge in [0.25, 0.3) is 0 Å². The average Bonchev–Trinajstić information content (AvgIpc) is 2.21. The van der Waals surface area contributed by atoms with Gasteiger partial charge in [0.15, 0.2) is 0 Å². The maximum atomic E-state index is 5.31. The summed E-state index contributed by atoms with van der Waals surface area (Å²) < 4.78 is 5.31. The molecule has 0 aliphatic rings. The number of ether oxygens (including phenoxy) is 1. The van der Waals surface area contributed by atoms with Gasteiger partial charge in [-0.3, -0.25) is 9.97 Å². The maximum absolute atomic E-state index is 5.31. The zero-order valence-corrected chi connectivity index (χ0v) is 8.03. The summed E-state index contributed by atoms with van der Waals surface area (Å²) in [5.41, 5.74) is 0.915. The first kappa shape index (κ1) is 10.1. The van der Waals surface area contributed by atoms with Crippen LogP contribution in [0, 0.1) is 0 Å². The fourth-order valence-corrected chi connectivity index (χ4v) is 1.04. The molecule has 0 saturated carbocycles. The number of likely N-dealkylation sites (N-methyl/N-ethyl adjacent to an activating group) is 1. The topological polar surface area (TPSA) is 47.0 Å². The highest BCUT2D eigenvalue weighted by Crippen LogP contribution is 2.07. The molecule has 72 valence electrons. The maximum Gasteiger partial charge on any atom is 0.0779 e. The van der Waals surface area contributed by atoms with Crippen molar-refractivity contribution >= 4 is 0 Å². The van der Waals surface area contributed by atoms with E-state index >= 15 is 0 Å². The summed E-state index contributed by atoms with van der Waals surface area (Å²) in [6.45, 7) is 3.33. The van der Waals surface area contributed by atoms with Crippen molar-refractivity contribution in [1.29, 1.82) is 0 Å². The van der Waals surface area contributed by atoms with Crippen molar-refractivity contribution in [2.45, 2.75) is 13.0 Å². The van der Waals surface area contributed by atoms with E-state index in [2.05, 4.69) is 15.3 Å². The highest BCUT2D eigenvalue weighted by atomic mass is 16.5. The van der Waals surface area contributed by atoms with Crippen LogP contribution in [-0.4, -0.2) is 30.2 Å². The Morgan fingerprint density at radius 2 is 2.38 bits per heavy atom. The standard InChI is InChI=1S/C9H15N3O/c1-3-13-7-9(10-2)8-6-11-4-5-12-8/h4-6,9-10H,3,7H2,1-2H3. The van der Waals surface area contributed by atoms with Gasteiger partial charge in [0.2, 0.25) is 0 Å². The van der Waals surface area contributed by atoms with Gasteiger partial charge >= 0.3 is 0 Å². The average molecular weight is 181 g/mol. The number of nitrogens with zero attached hydrogens (tertiary/aromatic N) is 2. The van der Waals surface area contributed by atoms with Crippen LogP contribution >= 0.6 is 0 Å². The minimum Gasteiger partial charge on any atom is -0.380 e. The Labute approximate surface area is 78.4 Å². The zero-order valence-electron chi connectivity index (χ0n) is 8.03. The van der Waals surface area contributed by atoms with E-state index in [1.54, 1.807) is 18.6 Å². The third-order valence-corrected chi connectivity index (χ3v) is 1.78. The van der Waals surface area contributed by atoms with Gasteiger partial charge in [-0.1, -0.05) is 0 Å². The lowest BCUT2D eigenvalue weighted by Gasteiger charge is -2.14. The molecule has 4 heteroatoms. The van der Waals surface area contributed by atoms with Crippen LogP contribution in [0.15, 0.2) is 18.6 Å². The quantitative estimate of drug-likeness (QED) is 0.729. The number of nitrogens with one attached hydrogen (secondary N) is 1. The number of aromatic nitrogens is 2. The number of hydrogen-bond acceptors (Lipinski definition) is 4. The van der Waals surface area contributed by atoms with E-state index in [0.717, 1.165) is 12.3 Å². The van der Waals surface area contributed by atoms with Crippen LogP contribution in [0.25, 0.3) is 0 Å². The Bertz CT molecular complexity index is 228. The van der Waals surface area contributed by atoms with E-state index in [9.17, 15) is 0 Å². The zero-order chi connectivity index (χ0) is 9.52. The molecule has 0 saturated heterocycles. The lowest BCUT2D eigenvalue weighted by molar-refractivity contribution is 0.124. The van der Waals surface area contributed by atoms with Crippen molar-refractivity contribution in [1.82, 2.24) is 15.3 Å². The van der Waals surface area contributed by atoms with Crippen molar-refractivity contribution in [3.63, 3.8) is 0 Å². The van der Waals surface area contributed by atoms with Gasteiger partial charge in [0.05, 0.1) is 24.5 Å². The summed E-state index contributed by atoms with van der Waals surface area (Å²) in [7, 11) is 1.89. The van der Waals surface area contributed by atoms with Gasteiger partial charge < -0.3 is 10.1 Å². The van der Waals surface area contributed by atoms with E-state index in [-0.39, 0.29) is 6.04 Å². The van der Waals surface area contributed by atoms with E-state index in [1.165, 1.54) is 0 Å². The third kappa shape index (κ3) is 3.08. The minimum atomic E-state index is 0.133. The van der Waals surface area contributed by atoms with Gasteiger partial charge in [-0.2, -0.15) is 0 Å². The SMILES string of the molecule is CCOCC(NC)c1cnccn1. The number of rotatable bonds is 5. The first-order valence-electron chi connectivity index (χ1n) is 4.39. The van der Waals surface area contributed by atoms with E-state index in [1.807, 2.05) is 14.0 Å². The molecule has 0 aliphatic carbocycles. The fourth-order valence-electron chi connectivity index (χ4n) is 1.04. The summed E-state index contributed by atoms with van der Waals surface area (Å²) in [6.07, 6.45) is 5.10. The lowest BCUT2D eigenvalue weighted by Crippen LogP contribution is -2.22. The van der Waals surface area contributed by atoms with Gasteiger partial charge in [0.1, 0.15) is 0 Å². The molecule has 4 nitrogen and oxygen atoms in total. The molecule has 0 radical (unpaired) electrons. The van der Waals surface area contributed by atoms with E-state index in [0.29, 0.717) is 6.61 Å². The van der Waals surface area contributed by atoms with Crippen LogP contribution in [0.3, 0.4) is 0 Å². The van der Waals surface area contributed by atoms with Crippen LogP contribution < -0.4 is 5.32 Å². The Balaban J connectivity index is 2.56. The predicted molar refractivity (Wildman–Crippen MR) is 50.3 cm³/mol. The van der Waals surface area contributed by atoms with Crippen LogP contribution in [0.1, 0.15) is 18.7 Å². The molecule has 1 N–H and O–H groups in total. The highest BCUT2D eigenvalue weighted by Gasteiger charge is 2.09.